The Morgan fingerprint density at radius 1 is 1.22 bits per heavy atom. The molecule has 1 aromatic carbocycles. The molecule has 2 amide bonds. The van der Waals surface area contributed by atoms with Gasteiger partial charge in [-0.2, -0.15) is 0 Å². The van der Waals surface area contributed by atoms with Crippen LogP contribution < -0.4 is 20.5 Å². The molecule has 1 saturated heterocycles. The molecule has 2 rings (SSSR count). The number of rotatable bonds is 7. The number of methoxy groups -OCH3 is 3. The minimum absolute atomic E-state index is 0. The first-order valence-electron chi connectivity index (χ1n) is 8.56. The second kappa shape index (κ2) is 11.0. The van der Waals surface area contributed by atoms with Crippen molar-refractivity contribution in [2.24, 2.45) is 5.73 Å². The van der Waals surface area contributed by atoms with E-state index in [1.54, 1.807) is 30.2 Å². The summed E-state index contributed by atoms with van der Waals surface area (Å²) >= 11 is 0. The highest BCUT2D eigenvalue weighted by molar-refractivity contribution is 5.97. The van der Waals surface area contributed by atoms with Crippen molar-refractivity contribution in [1.82, 2.24) is 10.2 Å². The van der Waals surface area contributed by atoms with E-state index in [4.69, 9.17) is 19.9 Å². The minimum atomic E-state index is -0.678. The summed E-state index contributed by atoms with van der Waals surface area (Å²) in [4.78, 5) is 26.5. The standard InChI is InChI=1S/C18H27N3O5.ClH/c1-24-11-15(19)17(22)20-12-6-8-21(9-7-12)18(23)14-5-4-13(25-2)10-16(14)26-3;/h4-5,10,12,15H,6-9,11,19H2,1-3H3,(H,20,22);1H. The average Bonchev–Trinajstić information content (AvgIpc) is 2.67. The number of likely N-dealkylation sites (tertiary alicyclic amines) is 1. The Labute approximate surface area is 165 Å². The summed E-state index contributed by atoms with van der Waals surface area (Å²) in [6.45, 7) is 1.29. The Morgan fingerprint density at radius 2 is 1.89 bits per heavy atom. The molecule has 1 unspecified atom stereocenters. The molecule has 1 heterocycles. The molecule has 27 heavy (non-hydrogen) atoms. The normalized spacial score (nSPS) is 15.5. The lowest BCUT2D eigenvalue weighted by molar-refractivity contribution is -0.124. The third-order valence-electron chi connectivity index (χ3n) is 4.45. The molecule has 9 heteroatoms. The number of hydrogen-bond acceptors (Lipinski definition) is 6. The smallest absolute Gasteiger partial charge is 0.257 e. The van der Waals surface area contributed by atoms with E-state index in [2.05, 4.69) is 5.32 Å². The average molecular weight is 402 g/mol. The minimum Gasteiger partial charge on any atom is -0.497 e. The topological polar surface area (TPSA) is 103 Å². The van der Waals surface area contributed by atoms with Gasteiger partial charge in [-0.3, -0.25) is 9.59 Å². The molecule has 0 aliphatic carbocycles. The summed E-state index contributed by atoms with van der Waals surface area (Å²) in [5.74, 6) is 0.793. The lowest BCUT2D eigenvalue weighted by Crippen LogP contribution is -2.51. The fraction of sp³-hybridized carbons (Fsp3) is 0.556. The zero-order chi connectivity index (χ0) is 19.1. The second-order valence-electron chi connectivity index (χ2n) is 6.20. The van der Waals surface area contributed by atoms with Gasteiger partial charge in [-0.1, -0.05) is 0 Å². The quantitative estimate of drug-likeness (QED) is 0.701. The Kier molecular flexibility index (Phi) is 9.34. The van der Waals surface area contributed by atoms with Crippen LogP contribution >= 0.6 is 12.4 Å². The number of carbonyl (C=O) groups is 2. The summed E-state index contributed by atoms with van der Waals surface area (Å²) in [5, 5.41) is 2.92. The van der Waals surface area contributed by atoms with Crippen molar-refractivity contribution in [2.75, 3.05) is 41.0 Å². The van der Waals surface area contributed by atoms with E-state index in [1.807, 2.05) is 0 Å². The van der Waals surface area contributed by atoms with Crippen LogP contribution in [0.25, 0.3) is 0 Å². The van der Waals surface area contributed by atoms with E-state index in [0.29, 0.717) is 43.0 Å². The van der Waals surface area contributed by atoms with Gasteiger partial charge in [-0.15, -0.1) is 12.4 Å². The van der Waals surface area contributed by atoms with E-state index >= 15 is 0 Å². The number of hydrogen-bond donors (Lipinski definition) is 2. The number of ether oxygens (including phenoxy) is 3. The highest BCUT2D eigenvalue weighted by Gasteiger charge is 2.27. The molecule has 3 N–H and O–H groups in total. The van der Waals surface area contributed by atoms with Gasteiger partial charge in [-0.05, 0) is 25.0 Å². The summed E-state index contributed by atoms with van der Waals surface area (Å²) in [6, 6.07) is 4.46. The zero-order valence-electron chi connectivity index (χ0n) is 15.9. The Bertz CT molecular complexity index is 635. The third-order valence-corrected chi connectivity index (χ3v) is 4.45. The molecule has 0 spiro atoms. The van der Waals surface area contributed by atoms with Gasteiger partial charge in [0, 0.05) is 32.3 Å². The fourth-order valence-electron chi connectivity index (χ4n) is 2.94. The van der Waals surface area contributed by atoms with Crippen molar-refractivity contribution in [2.45, 2.75) is 24.9 Å². The number of nitrogens with zero attached hydrogens (tertiary/aromatic N) is 1. The molecule has 0 saturated carbocycles. The maximum atomic E-state index is 12.8. The van der Waals surface area contributed by atoms with Crippen molar-refractivity contribution in [3.05, 3.63) is 23.8 Å². The van der Waals surface area contributed by atoms with Crippen molar-refractivity contribution in [3.8, 4) is 11.5 Å². The predicted octanol–water partition coefficient (Wildman–Crippen LogP) is 0.820. The van der Waals surface area contributed by atoms with Gasteiger partial charge in [0.15, 0.2) is 0 Å². The first-order chi connectivity index (χ1) is 12.5. The predicted molar refractivity (Wildman–Crippen MR) is 104 cm³/mol. The number of piperidine rings is 1. The first-order valence-corrected chi connectivity index (χ1v) is 8.56. The van der Waals surface area contributed by atoms with Gasteiger partial charge in [0.05, 0.1) is 26.4 Å². The van der Waals surface area contributed by atoms with E-state index in [0.717, 1.165) is 0 Å². The SMILES string of the molecule is COCC(N)C(=O)NC1CCN(C(=O)c2ccc(OC)cc2OC)CC1.Cl. The molecular formula is C18H28ClN3O5. The monoisotopic (exact) mass is 401 g/mol. The Balaban J connectivity index is 0.00000364. The highest BCUT2D eigenvalue weighted by atomic mass is 35.5. The van der Waals surface area contributed by atoms with Crippen LogP contribution in [0.3, 0.4) is 0 Å². The van der Waals surface area contributed by atoms with Crippen LogP contribution in [0.4, 0.5) is 0 Å². The lowest BCUT2D eigenvalue weighted by Gasteiger charge is -2.33. The number of carbonyl (C=O) groups excluding carboxylic acids is 2. The van der Waals surface area contributed by atoms with Gasteiger partial charge >= 0.3 is 0 Å². The molecule has 1 aliphatic rings. The Hall–Kier alpha value is -2.03. The number of halogens is 1. The molecule has 0 bridgehead atoms. The number of benzene rings is 1. The van der Waals surface area contributed by atoms with Crippen molar-refractivity contribution >= 4 is 24.2 Å². The van der Waals surface area contributed by atoms with Crippen molar-refractivity contribution < 1.29 is 23.8 Å². The van der Waals surface area contributed by atoms with Crippen molar-refractivity contribution in [1.29, 1.82) is 0 Å². The van der Waals surface area contributed by atoms with Crippen LogP contribution in [0.15, 0.2) is 18.2 Å². The number of nitrogens with two attached hydrogens (primary N) is 1. The van der Waals surface area contributed by atoms with Crippen LogP contribution in [0.2, 0.25) is 0 Å². The third kappa shape index (κ3) is 5.98. The van der Waals surface area contributed by atoms with E-state index in [1.165, 1.54) is 14.2 Å². The van der Waals surface area contributed by atoms with Crippen LogP contribution in [0, 0.1) is 0 Å². The molecular weight excluding hydrogens is 374 g/mol. The summed E-state index contributed by atoms with van der Waals surface area (Å²) in [7, 11) is 4.59. The maximum Gasteiger partial charge on any atom is 0.257 e. The summed E-state index contributed by atoms with van der Waals surface area (Å²) in [5.41, 5.74) is 6.22. The zero-order valence-corrected chi connectivity index (χ0v) is 16.7. The first kappa shape index (κ1) is 23.0. The Morgan fingerprint density at radius 3 is 2.44 bits per heavy atom. The van der Waals surface area contributed by atoms with Gasteiger partial charge in [0.25, 0.3) is 5.91 Å². The van der Waals surface area contributed by atoms with Crippen LogP contribution in [-0.4, -0.2) is 69.8 Å². The van der Waals surface area contributed by atoms with Gasteiger partial charge in [0.1, 0.15) is 17.5 Å². The highest BCUT2D eigenvalue weighted by Crippen LogP contribution is 2.26. The van der Waals surface area contributed by atoms with Crippen molar-refractivity contribution in [3.63, 3.8) is 0 Å². The molecule has 8 nitrogen and oxygen atoms in total. The molecule has 1 fully saturated rings. The van der Waals surface area contributed by atoms with Crippen LogP contribution in [0.5, 0.6) is 11.5 Å². The number of nitrogens with one attached hydrogen (secondary N) is 1. The summed E-state index contributed by atoms with van der Waals surface area (Å²) < 4.78 is 15.4. The molecule has 1 atom stereocenters. The maximum absolute atomic E-state index is 12.8. The molecule has 0 radical (unpaired) electrons. The van der Waals surface area contributed by atoms with Gasteiger partial charge in [0.2, 0.25) is 5.91 Å². The largest absolute Gasteiger partial charge is 0.497 e. The summed E-state index contributed by atoms with van der Waals surface area (Å²) in [6.07, 6.45) is 1.35. The second-order valence-corrected chi connectivity index (χ2v) is 6.20. The molecule has 1 aliphatic heterocycles. The molecule has 1 aromatic rings. The van der Waals surface area contributed by atoms with Gasteiger partial charge < -0.3 is 30.2 Å². The van der Waals surface area contributed by atoms with E-state index in [-0.39, 0.29) is 36.9 Å². The van der Waals surface area contributed by atoms with Crippen LogP contribution in [-0.2, 0) is 9.53 Å². The molecule has 152 valence electrons. The lowest BCUT2D eigenvalue weighted by atomic mass is 10.0. The van der Waals surface area contributed by atoms with Crippen LogP contribution in [0.1, 0.15) is 23.2 Å². The number of amides is 2. The van der Waals surface area contributed by atoms with E-state index < -0.39 is 6.04 Å². The van der Waals surface area contributed by atoms with E-state index in [9.17, 15) is 9.59 Å². The fourth-order valence-corrected chi connectivity index (χ4v) is 2.94. The molecule has 0 aromatic heterocycles. The van der Waals surface area contributed by atoms with Gasteiger partial charge in [-0.25, -0.2) is 0 Å².